The summed E-state index contributed by atoms with van der Waals surface area (Å²) >= 11 is 0. The normalized spacial score (nSPS) is 14.0. The highest BCUT2D eigenvalue weighted by atomic mass is 16.5. The summed E-state index contributed by atoms with van der Waals surface area (Å²) in [6.45, 7) is 3.87. The van der Waals surface area contributed by atoms with Crippen molar-refractivity contribution < 1.29 is 4.74 Å². The number of anilines is 4. The molecule has 3 aromatic carbocycles. The first kappa shape index (κ1) is 25.2. The first-order valence-electron chi connectivity index (χ1n) is 13.0. The van der Waals surface area contributed by atoms with E-state index >= 15 is 0 Å². The van der Waals surface area contributed by atoms with E-state index in [0.717, 1.165) is 49.4 Å². The van der Waals surface area contributed by atoms with Crippen molar-refractivity contribution in [2.24, 2.45) is 11.0 Å². The highest BCUT2D eigenvalue weighted by Gasteiger charge is 2.22. The van der Waals surface area contributed by atoms with Crippen LogP contribution in [0.2, 0.25) is 0 Å². The van der Waals surface area contributed by atoms with Gasteiger partial charge in [-0.3, -0.25) is 0 Å². The van der Waals surface area contributed by atoms with Crippen LogP contribution in [0.5, 0.6) is 5.75 Å². The number of hydrogen-bond donors (Lipinski definition) is 2. The number of nitrogens with zero attached hydrogens (tertiary/aromatic N) is 5. The summed E-state index contributed by atoms with van der Waals surface area (Å²) in [5.41, 5.74) is 7.40. The molecule has 194 valence electrons. The Labute approximate surface area is 223 Å². The van der Waals surface area contributed by atoms with E-state index in [0.29, 0.717) is 23.8 Å². The van der Waals surface area contributed by atoms with Crippen LogP contribution in [0.4, 0.5) is 23.5 Å². The fourth-order valence-corrected chi connectivity index (χ4v) is 4.55. The van der Waals surface area contributed by atoms with E-state index < -0.39 is 0 Å². The van der Waals surface area contributed by atoms with Gasteiger partial charge in [-0.25, -0.2) is 5.43 Å². The maximum absolute atomic E-state index is 5.29. The molecule has 0 amide bonds. The highest BCUT2D eigenvalue weighted by Crippen LogP contribution is 2.26. The zero-order valence-electron chi connectivity index (χ0n) is 21.8. The third-order valence-corrected chi connectivity index (χ3v) is 6.67. The number of aryl methyl sites for hydroxylation is 1. The second-order valence-corrected chi connectivity index (χ2v) is 9.54. The topological polar surface area (TPSA) is 87.6 Å². The Morgan fingerprint density at radius 1 is 0.921 bits per heavy atom. The molecule has 1 fully saturated rings. The Kier molecular flexibility index (Phi) is 8.08. The molecule has 1 aromatic heterocycles. The summed E-state index contributed by atoms with van der Waals surface area (Å²) in [5, 5.41) is 7.68. The van der Waals surface area contributed by atoms with Crippen LogP contribution < -0.4 is 20.4 Å². The monoisotopic (exact) mass is 507 g/mol. The molecule has 0 spiro atoms. The number of piperidine rings is 1. The van der Waals surface area contributed by atoms with E-state index in [4.69, 9.17) is 14.7 Å². The lowest BCUT2D eigenvalue weighted by atomic mass is 9.90. The molecule has 5 rings (SSSR count). The maximum atomic E-state index is 5.29. The lowest BCUT2D eigenvalue weighted by molar-refractivity contribution is 0.400. The number of nitrogens with one attached hydrogen (secondary N) is 2. The fourth-order valence-electron chi connectivity index (χ4n) is 4.55. The number of hydrazone groups is 1. The van der Waals surface area contributed by atoms with Crippen LogP contribution >= 0.6 is 0 Å². The standard InChI is InChI=1S/C30H33N7O/c1-22-11-13-26(14-12-22)32-28-33-29(36-31-21-25-9-6-10-27(20-25)38-2)35-30(34-28)37-17-15-24(16-18-37)19-23-7-4-3-5-8-23/h3-14,20-21,24H,15-19H2,1-2H3,(H2,32,33,34,35,36)/b31-21-. The van der Waals surface area contributed by atoms with Gasteiger partial charge in [0.1, 0.15) is 5.75 Å². The highest BCUT2D eigenvalue weighted by molar-refractivity contribution is 5.80. The van der Waals surface area contributed by atoms with E-state index in [1.54, 1.807) is 13.3 Å². The molecule has 1 saturated heterocycles. The summed E-state index contributed by atoms with van der Waals surface area (Å²) < 4.78 is 5.29. The quantitative estimate of drug-likeness (QED) is 0.217. The van der Waals surface area contributed by atoms with Gasteiger partial charge in [-0.05, 0) is 67.5 Å². The minimum atomic E-state index is 0.384. The SMILES string of the molecule is COc1cccc(/C=N\Nc2nc(Nc3ccc(C)cc3)nc(N3CCC(Cc4ccccc4)CC3)n2)c1. The van der Waals surface area contributed by atoms with Gasteiger partial charge < -0.3 is 15.0 Å². The zero-order valence-corrected chi connectivity index (χ0v) is 21.8. The van der Waals surface area contributed by atoms with E-state index in [1.807, 2.05) is 36.4 Å². The number of ether oxygens (including phenoxy) is 1. The van der Waals surface area contributed by atoms with Crippen molar-refractivity contribution in [1.29, 1.82) is 0 Å². The summed E-state index contributed by atoms with van der Waals surface area (Å²) in [7, 11) is 1.65. The molecule has 0 saturated carbocycles. The number of rotatable bonds is 9. The molecular formula is C30H33N7O. The van der Waals surface area contributed by atoms with Crippen molar-refractivity contribution in [3.63, 3.8) is 0 Å². The van der Waals surface area contributed by atoms with Crippen LogP contribution in [0.3, 0.4) is 0 Å². The fraction of sp³-hybridized carbons (Fsp3) is 0.267. The molecule has 2 heterocycles. The maximum Gasteiger partial charge on any atom is 0.250 e. The zero-order chi connectivity index (χ0) is 26.2. The van der Waals surface area contributed by atoms with Crippen LogP contribution in [0, 0.1) is 12.8 Å². The Balaban J connectivity index is 1.31. The van der Waals surface area contributed by atoms with E-state index in [2.05, 4.69) is 75.1 Å². The largest absolute Gasteiger partial charge is 0.497 e. The van der Waals surface area contributed by atoms with Crippen LogP contribution in [-0.4, -0.2) is 41.4 Å². The van der Waals surface area contributed by atoms with E-state index in [9.17, 15) is 0 Å². The number of benzene rings is 3. The molecule has 1 aliphatic heterocycles. The second kappa shape index (κ2) is 12.2. The summed E-state index contributed by atoms with van der Waals surface area (Å²) in [6, 6.07) is 26.6. The molecular weight excluding hydrogens is 474 g/mol. The van der Waals surface area contributed by atoms with Crippen molar-refractivity contribution in [1.82, 2.24) is 15.0 Å². The smallest absolute Gasteiger partial charge is 0.250 e. The van der Waals surface area contributed by atoms with Crippen molar-refractivity contribution in [2.45, 2.75) is 26.2 Å². The predicted octanol–water partition coefficient (Wildman–Crippen LogP) is 5.84. The molecule has 1 aliphatic rings. The molecule has 0 atom stereocenters. The molecule has 4 aromatic rings. The molecule has 8 heteroatoms. The number of hydrogen-bond acceptors (Lipinski definition) is 8. The summed E-state index contributed by atoms with van der Waals surface area (Å²) in [4.78, 5) is 16.3. The molecule has 38 heavy (non-hydrogen) atoms. The van der Waals surface area contributed by atoms with Crippen LogP contribution in [0.15, 0.2) is 84.0 Å². The minimum absolute atomic E-state index is 0.384. The second-order valence-electron chi connectivity index (χ2n) is 9.54. The van der Waals surface area contributed by atoms with Gasteiger partial charge in [-0.15, -0.1) is 0 Å². The molecule has 0 radical (unpaired) electrons. The van der Waals surface area contributed by atoms with Gasteiger partial charge in [-0.1, -0.05) is 60.2 Å². The van der Waals surface area contributed by atoms with Crippen molar-refractivity contribution in [2.75, 3.05) is 35.8 Å². The minimum Gasteiger partial charge on any atom is -0.497 e. The lowest BCUT2D eigenvalue weighted by Gasteiger charge is -2.32. The predicted molar refractivity (Wildman–Crippen MR) is 154 cm³/mol. The van der Waals surface area contributed by atoms with Gasteiger partial charge in [0, 0.05) is 18.8 Å². The Bertz CT molecular complexity index is 1350. The first-order chi connectivity index (χ1) is 18.6. The van der Waals surface area contributed by atoms with Crippen LogP contribution in [0.1, 0.15) is 29.5 Å². The Morgan fingerprint density at radius 3 is 2.45 bits per heavy atom. The molecule has 0 unspecified atom stereocenters. The van der Waals surface area contributed by atoms with E-state index in [1.165, 1.54) is 11.1 Å². The van der Waals surface area contributed by atoms with Gasteiger partial charge in [0.25, 0.3) is 0 Å². The third kappa shape index (κ3) is 6.85. The third-order valence-electron chi connectivity index (χ3n) is 6.67. The molecule has 0 aliphatic carbocycles. The van der Waals surface area contributed by atoms with Crippen molar-refractivity contribution in [3.8, 4) is 5.75 Å². The van der Waals surface area contributed by atoms with Crippen LogP contribution in [-0.2, 0) is 6.42 Å². The van der Waals surface area contributed by atoms with E-state index in [-0.39, 0.29) is 0 Å². The summed E-state index contributed by atoms with van der Waals surface area (Å²) in [6.07, 6.45) is 5.02. The van der Waals surface area contributed by atoms with Gasteiger partial charge in [0.2, 0.25) is 17.8 Å². The number of methoxy groups -OCH3 is 1. The first-order valence-corrected chi connectivity index (χ1v) is 13.0. The molecule has 0 bridgehead atoms. The lowest BCUT2D eigenvalue weighted by Crippen LogP contribution is -2.35. The Morgan fingerprint density at radius 2 is 1.68 bits per heavy atom. The molecule has 2 N–H and O–H groups in total. The average molecular weight is 508 g/mol. The summed E-state index contributed by atoms with van der Waals surface area (Å²) in [5.74, 6) is 2.94. The van der Waals surface area contributed by atoms with Crippen LogP contribution in [0.25, 0.3) is 0 Å². The van der Waals surface area contributed by atoms with Gasteiger partial charge in [0.15, 0.2) is 0 Å². The average Bonchev–Trinajstić information content (AvgIpc) is 2.95. The van der Waals surface area contributed by atoms with Crippen molar-refractivity contribution in [3.05, 3.63) is 95.6 Å². The Hall–Kier alpha value is -4.46. The van der Waals surface area contributed by atoms with Gasteiger partial charge in [0.05, 0.1) is 13.3 Å². The van der Waals surface area contributed by atoms with Gasteiger partial charge in [-0.2, -0.15) is 20.1 Å². The molecule has 8 nitrogen and oxygen atoms in total. The van der Waals surface area contributed by atoms with Gasteiger partial charge >= 0.3 is 0 Å². The van der Waals surface area contributed by atoms with Crippen molar-refractivity contribution >= 4 is 29.7 Å². The number of aromatic nitrogens is 3.